The zero-order chi connectivity index (χ0) is 24.1. The van der Waals surface area contributed by atoms with Crippen molar-refractivity contribution in [2.75, 3.05) is 13.2 Å². The zero-order valence-electron chi connectivity index (χ0n) is 19.4. The smallest absolute Gasteiger partial charge is 0.252 e. The van der Waals surface area contributed by atoms with Crippen molar-refractivity contribution in [1.29, 1.82) is 0 Å². The molecule has 1 aromatic heterocycles. The number of primary amides is 1. The molecule has 2 aliphatic rings. The normalized spacial score (nSPS) is 13.4. The molecule has 0 radical (unpaired) electrons. The van der Waals surface area contributed by atoms with E-state index in [1.807, 2.05) is 18.2 Å². The van der Waals surface area contributed by atoms with Gasteiger partial charge in [-0.25, -0.2) is 0 Å². The summed E-state index contributed by atoms with van der Waals surface area (Å²) in [7, 11) is 0. The lowest BCUT2D eigenvalue weighted by molar-refractivity contribution is 0.0993. The molecule has 5 rings (SSSR count). The van der Waals surface area contributed by atoms with E-state index in [2.05, 4.69) is 23.3 Å². The van der Waals surface area contributed by atoms with Gasteiger partial charge in [0.25, 0.3) is 5.91 Å². The summed E-state index contributed by atoms with van der Waals surface area (Å²) in [6, 6.07) is 11.1. The molecule has 0 saturated carbocycles. The van der Waals surface area contributed by atoms with Gasteiger partial charge in [0, 0.05) is 30.5 Å². The van der Waals surface area contributed by atoms with E-state index in [0.29, 0.717) is 23.5 Å². The van der Waals surface area contributed by atoms with Crippen LogP contribution in [0.4, 0.5) is 0 Å². The number of H-pyrrole nitrogens is 1. The lowest BCUT2D eigenvalue weighted by Crippen LogP contribution is -2.12. The highest BCUT2D eigenvalue weighted by atomic mass is 16.5. The Morgan fingerprint density at radius 1 is 1.12 bits per heavy atom. The molecule has 0 atom stereocenters. The molecule has 6 nitrogen and oxygen atoms in total. The molecule has 1 aliphatic heterocycles. The quantitative estimate of drug-likeness (QED) is 0.473. The standard InChI is InChI=1S/C17H15NO3.C11H15NO/c1-10(19)11-2-4-12(5-3-11)14-8-13-6-7-21-16(13)15(9-14)17(18)20;13-7-3-4-9-8-12-11-6-2-1-5-10(9)11/h2-5,8-9H,6-7H2,1H3,(H2,18,20);2,6,8,12-13H,1,3-5,7H2. The van der Waals surface area contributed by atoms with Crippen molar-refractivity contribution in [3.8, 4) is 16.9 Å². The van der Waals surface area contributed by atoms with Crippen LogP contribution in [0.1, 0.15) is 62.9 Å². The van der Waals surface area contributed by atoms with Crippen LogP contribution < -0.4 is 10.5 Å². The largest absolute Gasteiger partial charge is 0.492 e. The van der Waals surface area contributed by atoms with E-state index in [0.717, 1.165) is 48.8 Å². The fraction of sp³-hybridized carbons (Fsp3) is 0.286. The molecule has 0 bridgehead atoms. The number of allylic oxidation sites excluding steroid dienone is 1. The Kier molecular flexibility index (Phi) is 7.28. The van der Waals surface area contributed by atoms with Crippen LogP contribution in [-0.4, -0.2) is 35.0 Å². The van der Waals surface area contributed by atoms with E-state index in [9.17, 15) is 9.59 Å². The average molecular weight is 459 g/mol. The van der Waals surface area contributed by atoms with Crippen LogP contribution in [0.3, 0.4) is 0 Å². The fourth-order valence-electron chi connectivity index (χ4n) is 4.43. The molecule has 2 heterocycles. The molecular formula is C28H30N2O4. The third kappa shape index (κ3) is 5.13. The van der Waals surface area contributed by atoms with Gasteiger partial charge in [0.2, 0.25) is 0 Å². The second-order valence-electron chi connectivity index (χ2n) is 8.58. The molecule has 176 valence electrons. The molecule has 0 unspecified atom stereocenters. The predicted molar refractivity (Wildman–Crippen MR) is 133 cm³/mol. The lowest BCUT2D eigenvalue weighted by atomic mass is 9.97. The van der Waals surface area contributed by atoms with Gasteiger partial charge in [0.05, 0.1) is 12.2 Å². The highest BCUT2D eigenvalue weighted by molar-refractivity contribution is 5.98. The first-order chi connectivity index (χ1) is 16.5. The number of aryl methyl sites for hydroxylation is 1. The summed E-state index contributed by atoms with van der Waals surface area (Å²) in [4.78, 5) is 26.2. The number of benzene rings is 2. The van der Waals surface area contributed by atoms with Gasteiger partial charge in [-0.05, 0) is 78.6 Å². The van der Waals surface area contributed by atoms with Gasteiger partial charge in [0.1, 0.15) is 5.75 Å². The van der Waals surface area contributed by atoms with Gasteiger partial charge in [-0.2, -0.15) is 0 Å². The number of nitrogens with one attached hydrogen (secondary N) is 1. The maximum absolute atomic E-state index is 11.6. The summed E-state index contributed by atoms with van der Waals surface area (Å²) in [5, 5.41) is 8.74. The summed E-state index contributed by atoms with van der Waals surface area (Å²) in [5.74, 6) is 0.142. The van der Waals surface area contributed by atoms with Gasteiger partial charge in [-0.3, -0.25) is 9.59 Å². The molecule has 2 aromatic carbocycles. The highest BCUT2D eigenvalue weighted by Gasteiger charge is 2.21. The number of carbonyl (C=O) groups is 2. The fourth-order valence-corrected chi connectivity index (χ4v) is 4.43. The number of nitrogens with two attached hydrogens (primary N) is 1. The number of ketones is 1. The molecule has 1 aliphatic carbocycles. The number of aromatic amines is 1. The van der Waals surface area contributed by atoms with Crippen LogP contribution in [0.5, 0.6) is 5.75 Å². The van der Waals surface area contributed by atoms with Crippen molar-refractivity contribution in [1.82, 2.24) is 4.98 Å². The number of rotatable bonds is 6. The number of amides is 1. The van der Waals surface area contributed by atoms with Gasteiger partial charge in [-0.15, -0.1) is 0 Å². The predicted octanol–water partition coefficient (Wildman–Crippen LogP) is 4.49. The summed E-state index contributed by atoms with van der Waals surface area (Å²) in [5.41, 5.74) is 13.5. The van der Waals surface area contributed by atoms with Crippen LogP contribution in [0.15, 0.2) is 48.7 Å². The van der Waals surface area contributed by atoms with Crippen molar-refractivity contribution < 1.29 is 19.4 Å². The molecule has 3 aromatic rings. The number of aliphatic hydroxyl groups is 1. The number of fused-ring (bicyclic) bond motifs is 2. The SMILES string of the molecule is CC(=O)c1ccc(-c2cc3c(c(C(N)=O)c2)OCC3)cc1.OCCCc1c[nH]c2c1CCC=C2. The van der Waals surface area contributed by atoms with Crippen LogP contribution in [0.2, 0.25) is 0 Å². The first-order valence-corrected chi connectivity index (χ1v) is 11.7. The van der Waals surface area contributed by atoms with Crippen molar-refractivity contribution >= 4 is 17.8 Å². The third-order valence-electron chi connectivity index (χ3n) is 6.24. The molecule has 6 heteroatoms. The summed E-state index contributed by atoms with van der Waals surface area (Å²) < 4.78 is 5.49. The van der Waals surface area contributed by atoms with E-state index in [1.165, 1.54) is 23.7 Å². The van der Waals surface area contributed by atoms with E-state index in [-0.39, 0.29) is 12.4 Å². The van der Waals surface area contributed by atoms with Gasteiger partial charge < -0.3 is 20.6 Å². The second-order valence-corrected chi connectivity index (χ2v) is 8.58. The Balaban J connectivity index is 0.000000180. The van der Waals surface area contributed by atoms with Gasteiger partial charge in [-0.1, -0.05) is 30.3 Å². The minimum absolute atomic E-state index is 0.0294. The van der Waals surface area contributed by atoms with Gasteiger partial charge >= 0.3 is 0 Å². The maximum Gasteiger partial charge on any atom is 0.252 e. The minimum Gasteiger partial charge on any atom is -0.492 e. The van der Waals surface area contributed by atoms with E-state index < -0.39 is 5.91 Å². The van der Waals surface area contributed by atoms with Crippen LogP contribution in [0, 0.1) is 0 Å². The number of aliphatic hydroxyl groups excluding tert-OH is 1. The molecular weight excluding hydrogens is 428 g/mol. The average Bonchev–Trinajstić information content (AvgIpc) is 3.49. The van der Waals surface area contributed by atoms with E-state index in [1.54, 1.807) is 18.2 Å². The number of carbonyl (C=O) groups excluding carboxylic acids is 2. The van der Waals surface area contributed by atoms with Crippen molar-refractivity contribution in [3.05, 3.63) is 82.2 Å². The molecule has 1 amide bonds. The van der Waals surface area contributed by atoms with Crippen molar-refractivity contribution in [2.24, 2.45) is 5.73 Å². The van der Waals surface area contributed by atoms with Crippen molar-refractivity contribution in [3.63, 3.8) is 0 Å². The molecule has 0 spiro atoms. The topological polar surface area (TPSA) is 105 Å². The second kappa shape index (κ2) is 10.5. The number of ether oxygens (including phenoxy) is 1. The monoisotopic (exact) mass is 458 g/mol. The molecule has 0 fully saturated rings. The Bertz CT molecular complexity index is 1220. The summed E-state index contributed by atoms with van der Waals surface area (Å²) in [6.45, 7) is 2.39. The number of hydrogen-bond acceptors (Lipinski definition) is 4. The van der Waals surface area contributed by atoms with Crippen molar-refractivity contribution in [2.45, 2.75) is 39.0 Å². The summed E-state index contributed by atoms with van der Waals surface area (Å²) >= 11 is 0. The van der Waals surface area contributed by atoms with Crippen LogP contribution in [0.25, 0.3) is 17.2 Å². The molecule has 34 heavy (non-hydrogen) atoms. The Morgan fingerprint density at radius 2 is 1.91 bits per heavy atom. The number of Topliss-reactive ketones (excluding diaryl/α,β-unsaturated/α-hetero) is 1. The highest BCUT2D eigenvalue weighted by Crippen LogP contribution is 2.34. The van der Waals surface area contributed by atoms with E-state index >= 15 is 0 Å². The third-order valence-corrected chi connectivity index (χ3v) is 6.24. The zero-order valence-corrected chi connectivity index (χ0v) is 19.4. The molecule has 0 saturated heterocycles. The summed E-state index contributed by atoms with van der Waals surface area (Å²) in [6.07, 6.45) is 11.4. The van der Waals surface area contributed by atoms with Crippen LogP contribution in [-0.2, 0) is 19.3 Å². The number of hydrogen-bond donors (Lipinski definition) is 3. The lowest BCUT2D eigenvalue weighted by Gasteiger charge is -2.09. The number of aromatic nitrogens is 1. The Morgan fingerprint density at radius 3 is 2.62 bits per heavy atom. The Labute approximate surface area is 199 Å². The maximum atomic E-state index is 11.6. The van der Waals surface area contributed by atoms with Crippen LogP contribution >= 0.6 is 0 Å². The first-order valence-electron chi connectivity index (χ1n) is 11.7. The van der Waals surface area contributed by atoms with E-state index in [4.69, 9.17) is 15.6 Å². The minimum atomic E-state index is -0.490. The Hall–Kier alpha value is -3.64. The van der Waals surface area contributed by atoms with Gasteiger partial charge in [0.15, 0.2) is 5.78 Å². The molecule has 4 N–H and O–H groups in total. The first kappa shape index (κ1) is 23.5.